The molecule has 1 aromatic carbocycles. The highest BCUT2D eigenvalue weighted by molar-refractivity contribution is 5.70. The second-order valence-electron chi connectivity index (χ2n) is 7.91. The maximum atomic E-state index is 13.1. The summed E-state index contributed by atoms with van der Waals surface area (Å²) in [6.45, 7) is 5.76. The van der Waals surface area contributed by atoms with Crippen molar-refractivity contribution in [1.82, 2.24) is 24.9 Å². The zero-order valence-corrected chi connectivity index (χ0v) is 15.3. The molecule has 3 saturated heterocycles. The Kier molecular flexibility index (Phi) is 3.82. The SMILES string of the molecule is C[C@]1(n2cc(-c3cccc(-c4ccc(F)nc4)c3)nn2)CN2CCC1CC2. The predicted molar refractivity (Wildman–Crippen MR) is 101 cm³/mol. The van der Waals surface area contributed by atoms with E-state index in [2.05, 4.69) is 44.1 Å². The molecule has 3 aliphatic heterocycles. The summed E-state index contributed by atoms with van der Waals surface area (Å²) in [5.41, 5.74) is 3.76. The molecular weight excluding hydrogens is 341 g/mol. The molecular formula is C21H22FN5. The van der Waals surface area contributed by atoms with Crippen LogP contribution >= 0.6 is 0 Å². The number of benzene rings is 1. The van der Waals surface area contributed by atoms with E-state index in [0.29, 0.717) is 5.92 Å². The van der Waals surface area contributed by atoms with Gasteiger partial charge in [-0.2, -0.15) is 4.39 Å². The summed E-state index contributed by atoms with van der Waals surface area (Å²) in [5.74, 6) is 0.192. The van der Waals surface area contributed by atoms with E-state index in [1.807, 2.05) is 18.2 Å². The number of hydrogen-bond donors (Lipinski definition) is 0. The molecule has 3 fully saturated rings. The molecule has 0 spiro atoms. The highest BCUT2D eigenvalue weighted by Crippen LogP contribution is 2.40. The number of fused-ring (bicyclic) bond motifs is 3. The van der Waals surface area contributed by atoms with E-state index < -0.39 is 5.95 Å². The van der Waals surface area contributed by atoms with E-state index >= 15 is 0 Å². The molecule has 1 atom stereocenters. The predicted octanol–water partition coefficient (Wildman–Crippen LogP) is 3.59. The quantitative estimate of drug-likeness (QED) is 0.667. The summed E-state index contributed by atoms with van der Waals surface area (Å²) < 4.78 is 15.2. The first kappa shape index (κ1) is 16.6. The minimum absolute atomic E-state index is 0.0141. The molecule has 138 valence electrons. The lowest BCUT2D eigenvalue weighted by molar-refractivity contribution is -0.0158. The number of piperidine rings is 3. The summed E-state index contributed by atoms with van der Waals surface area (Å²) >= 11 is 0. The molecule has 0 amide bonds. The summed E-state index contributed by atoms with van der Waals surface area (Å²) in [4.78, 5) is 6.28. The fourth-order valence-electron chi connectivity index (χ4n) is 4.60. The Morgan fingerprint density at radius 2 is 1.89 bits per heavy atom. The zero-order chi connectivity index (χ0) is 18.4. The highest BCUT2D eigenvalue weighted by Gasteiger charge is 2.45. The summed E-state index contributed by atoms with van der Waals surface area (Å²) in [5, 5.41) is 8.96. The van der Waals surface area contributed by atoms with Crippen LogP contribution in [0, 0.1) is 11.9 Å². The molecule has 0 radical (unpaired) electrons. The molecule has 0 N–H and O–H groups in total. The number of aromatic nitrogens is 4. The van der Waals surface area contributed by atoms with Crippen LogP contribution in [0.3, 0.4) is 0 Å². The molecule has 0 aliphatic carbocycles. The monoisotopic (exact) mass is 363 g/mol. The lowest BCUT2D eigenvalue weighted by atomic mass is 9.74. The number of pyridine rings is 1. The average Bonchev–Trinajstić information content (AvgIpc) is 3.21. The molecule has 3 aliphatic rings. The fourth-order valence-corrected chi connectivity index (χ4v) is 4.60. The molecule has 6 rings (SSSR count). The van der Waals surface area contributed by atoms with Crippen molar-refractivity contribution >= 4 is 0 Å². The Bertz CT molecular complexity index is 959. The number of hydrogen-bond acceptors (Lipinski definition) is 4. The molecule has 6 heteroatoms. The van der Waals surface area contributed by atoms with Crippen LogP contribution in [0.2, 0.25) is 0 Å². The topological polar surface area (TPSA) is 46.8 Å². The first-order chi connectivity index (χ1) is 13.1. The Balaban J connectivity index is 1.46. The highest BCUT2D eigenvalue weighted by atomic mass is 19.1. The lowest BCUT2D eigenvalue weighted by Gasteiger charge is -2.51. The third kappa shape index (κ3) is 2.84. The van der Waals surface area contributed by atoms with Gasteiger partial charge in [-0.3, -0.25) is 0 Å². The molecule has 5 nitrogen and oxygen atoms in total. The normalized spacial score (nSPS) is 27.0. The van der Waals surface area contributed by atoms with Gasteiger partial charge in [0.25, 0.3) is 0 Å². The molecule has 27 heavy (non-hydrogen) atoms. The van der Waals surface area contributed by atoms with Gasteiger partial charge in [0, 0.05) is 23.9 Å². The summed E-state index contributed by atoms with van der Waals surface area (Å²) in [6.07, 6.45) is 6.10. The largest absolute Gasteiger partial charge is 0.301 e. The van der Waals surface area contributed by atoms with E-state index in [1.54, 1.807) is 12.3 Å². The molecule has 2 bridgehead atoms. The minimum atomic E-state index is -0.469. The molecule has 3 aromatic rings. The van der Waals surface area contributed by atoms with Gasteiger partial charge >= 0.3 is 0 Å². The molecule has 5 heterocycles. The minimum Gasteiger partial charge on any atom is -0.301 e. The second-order valence-corrected chi connectivity index (χ2v) is 7.91. The molecule has 0 saturated carbocycles. The molecule has 2 aromatic heterocycles. The van der Waals surface area contributed by atoms with Gasteiger partial charge in [0.15, 0.2) is 0 Å². The van der Waals surface area contributed by atoms with Crippen LogP contribution in [0.1, 0.15) is 19.8 Å². The van der Waals surface area contributed by atoms with Crippen molar-refractivity contribution in [2.45, 2.75) is 25.3 Å². The number of rotatable bonds is 3. The van der Waals surface area contributed by atoms with Crippen LogP contribution in [-0.2, 0) is 5.54 Å². The first-order valence-electron chi connectivity index (χ1n) is 9.49. The van der Waals surface area contributed by atoms with E-state index in [-0.39, 0.29) is 5.54 Å². The van der Waals surface area contributed by atoms with Gasteiger partial charge in [-0.1, -0.05) is 23.4 Å². The van der Waals surface area contributed by atoms with Crippen LogP contribution in [0.4, 0.5) is 4.39 Å². The third-order valence-electron chi connectivity index (χ3n) is 6.25. The van der Waals surface area contributed by atoms with Gasteiger partial charge in [0.05, 0.1) is 11.7 Å². The maximum Gasteiger partial charge on any atom is 0.212 e. The van der Waals surface area contributed by atoms with E-state index in [1.165, 1.54) is 32.0 Å². The Labute approximate surface area is 157 Å². The van der Waals surface area contributed by atoms with Crippen LogP contribution in [0.15, 0.2) is 48.8 Å². The van der Waals surface area contributed by atoms with Gasteiger partial charge in [-0.25, -0.2) is 9.67 Å². The van der Waals surface area contributed by atoms with E-state index in [4.69, 9.17) is 0 Å². The fraction of sp³-hybridized carbons (Fsp3) is 0.381. The van der Waals surface area contributed by atoms with E-state index in [9.17, 15) is 4.39 Å². The zero-order valence-electron chi connectivity index (χ0n) is 15.3. The van der Waals surface area contributed by atoms with Crippen molar-refractivity contribution < 1.29 is 4.39 Å². The average molecular weight is 363 g/mol. The van der Waals surface area contributed by atoms with Crippen molar-refractivity contribution in [3.05, 3.63) is 54.7 Å². The van der Waals surface area contributed by atoms with Gasteiger partial charge in [0.1, 0.15) is 5.69 Å². The maximum absolute atomic E-state index is 13.1. The number of nitrogens with zero attached hydrogens (tertiary/aromatic N) is 5. The van der Waals surface area contributed by atoms with Crippen LogP contribution in [-0.4, -0.2) is 44.5 Å². The Morgan fingerprint density at radius 1 is 1.07 bits per heavy atom. The third-order valence-corrected chi connectivity index (χ3v) is 6.25. The van der Waals surface area contributed by atoms with Crippen molar-refractivity contribution in [3.8, 4) is 22.4 Å². The van der Waals surface area contributed by atoms with Crippen LogP contribution in [0.25, 0.3) is 22.4 Å². The van der Waals surface area contributed by atoms with Crippen molar-refractivity contribution in [1.29, 1.82) is 0 Å². The summed E-state index contributed by atoms with van der Waals surface area (Å²) in [6, 6.07) is 11.2. The van der Waals surface area contributed by atoms with E-state index in [0.717, 1.165) is 28.9 Å². The smallest absolute Gasteiger partial charge is 0.212 e. The lowest BCUT2D eigenvalue weighted by Crippen LogP contribution is -2.58. The van der Waals surface area contributed by atoms with Gasteiger partial charge in [-0.05, 0) is 62.5 Å². The first-order valence-corrected chi connectivity index (χ1v) is 9.49. The summed E-state index contributed by atoms with van der Waals surface area (Å²) in [7, 11) is 0. The van der Waals surface area contributed by atoms with Gasteiger partial charge in [-0.15, -0.1) is 5.10 Å². The molecule has 0 unspecified atom stereocenters. The standard InChI is InChI=1S/C21H22FN5/c1-21(14-26-9-7-18(21)8-10-26)27-13-19(24-25-27)16-4-2-3-15(11-16)17-5-6-20(22)23-12-17/h2-6,11-13,18H,7-10,14H2,1H3/t21-/m0/s1. The van der Waals surface area contributed by atoms with Crippen molar-refractivity contribution in [2.24, 2.45) is 5.92 Å². The number of halogens is 1. The van der Waals surface area contributed by atoms with Crippen LogP contribution in [0.5, 0.6) is 0 Å². The van der Waals surface area contributed by atoms with Crippen LogP contribution < -0.4 is 0 Å². The van der Waals surface area contributed by atoms with Crippen molar-refractivity contribution in [3.63, 3.8) is 0 Å². The van der Waals surface area contributed by atoms with Gasteiger partial charge < -0.3 is 4.90 Å². The Hall–Kier alpha value is -2.60. The van der Waals surface area contributed by atoms with Crippen molar-refractivity contribution in [2.75, 3.05) is 19.6 Å². The Morgan fingerprint density at radius 3 is 2.59 bits per heavy atom. The second kappa shape index (κ2) is 6.23. The van der Waals surface area contributed by atoms with Gasteiger partial charge in [0.2, 0.25) is 5.95 Å².